The van der Waals surface area contributed by atoms with Crippen LogP contribution < -0.4 is 16.2 Å². The van der Waals surface area contributed by atoms with Gasteiger partial charge >= 0.3 is 0 Å². The first kappa shape index (κ1) is 20.2. The summed E-state index contributed by atoms with van der Waals surface area (Å²) < 4.78 is 3.20. The molecule has 0 radical (unpaired) electrons. The Labute approximate surface area is 174 Å². The fraction of sp³-hybridized carbons (Fsp3) is 0.429. The first-order chi connectivity index (χ1) is 14.4. The highest BCUT2D eigenvalue weighted by Crippen LogP contribution is 2.21. The van der Waals surface area contributed by atoms with Crippen LogP contribution in [-0.2, 0) is 12.1 Å². The lowest BCUT2D eigenvalue weighted by atomic mass is 10.1. The third kappa shape index (κ3) is 3.86. The lowest BCUT2D eigenvalue weighted by Gasteiger charge is -2.23. The molecule has 4 rings (SSSR count). The van der Waals surface area contributed by atoms with Gasteiger partial charge in [-0.25, -0.2) is 19.3 Å². The zero-order valence-electron chi connectivity index (χ0n) is 17.3. The number of hydrogen-bond acceptors (Lipinski definition) is 7. The van der Waals surface area contributed by atoms with E-state index in [9.17, 15) is 9.90 Å². The van der Waals surface area contributed by atoms with Crippen LogP contribution in [0.4, 0.5) is 5.95 Å². The van der Waals surface area contributed by atoms with Gasteiger partial charge in [-0.1, -0.05) is 12.1 Å². The summed E-state index contributed by atoms with van der Waals surface area (Å²) in [5.41, 5.74) is -0.358. The van der Waals surface area contributed by atoms with Crippen molar-refractivity contribution in [2.24, 2.45) is 0 Å². The number of allylic oxidation sites excluding steroid dienone is 1. The summed E-state index contributed by atoms with van der Waals surface area (Å²) in [6, 6.07) is 5.63. The van der Waals surface area contributed by atoms with Gasteiger partial charge in [0.2, 0.25) is 5.95 Å². The van der Waals surface area contributed by atoms with Crippen molar-refractivity contribution < 1.29 is 5.11 Å². The van der Waals surface area contributed by atoms with Gasteiger partial charge in [0.1, 0.15) is 11.0 Å². The Bertz CT molecular complexity index is 1120. The number of hydrogen-bond donors (Lipinski definition) is 3. The quantitative estimate of drug-likeness (QED) is 0.530. The minimum atomic E-state index is -1.11. The van der Waals surface area contributed by atoms with Gasteiger partial charge in [-0.15, -0.1) is 6.58 Å². The van der Waals surface area contributed by atoms with E-state index in [0.29, 0.717) is 35.0 Å². The maximum absolute atomic E-state index is 13.0. The molecule has 1 fully saturated rings. The molecule has 30 heavy (non-hydrogen) atoms. The number of nitrogens with one attached hydrogen (secondary N) is 2. The summed E-state index contributed by atoms with van der Waals surface area (Å²) >= 11 is 0. The first-order valence-electron chi connectivity index (χ1n) is 10.2. The van der Waals surface area contributed by atoms with Gasteiger partial charge < -0.3 is 15.7 Å². The van der Waals surface area contributed by atoms with Gasteiger partial charge in [0.25, 0.3) is 5.56 Å². The molecule has 0 spiro atoms. The highest BCUT2D eigenvalue weighted by atomic mass is 16.3. The Morgan fingerprint density at radius 3 is 2.80 bits per heavy atom. The van der Waals surface area contributed by atoms with E-state index in [-0.39, 0.29) is 11.6 Å². The van der Waals surface area contributed by atoms with Crippen molar-refractivity contribution in [1.29, 1.82) is 0 Å². The van der Waals surface area contributed by atoms with Gasteiger partial charge in [0.05, 0.1) is 12.2 Å². The average Bonchev–Trinajstić information content (AvgIpc) is 3.00. The summed E-state index contributed by atoms with van der Waals surface area (Å²) in [4.78, 5) is 26.6. The number of rotatable bonds is 6. The Morgan fingerprint density at radius 2 is 2.10 bits per heavy atom. The monoisotopic (exact) mass is 409 g/mol. The van der Waals surface area contributed by atoms with Crippen molar-refractivity contribution in [1.82, 2.24) is 29.6 Å². The van der Waals surface area contributed by atoms with Crippen LogP contribution in [0.1, 0.15) is 32.4 Å². The molecular weight excluding hydrogens is 382 g/mol. The molecule has 4 heterocycles. The second-order valence-corrected chi connectivity index (χ2v) is 8.03. The van der Waals surface area contributed by atoms with E-state index >= 15 is 0 Å². The third-order valence-electron chi connectivity index (χ3n) is 5.23. The lowest BCUT2D eigenvalue weighted by Crippen LogP contribution is -2.35. The SMILES string of the molecule is C=CCn1c(=O)c2cnc(NC3CCNCC3)nc2n1-c1cccc(C(C)(C)O)n1. The van der Waals surface area contributed by atoms with Crippen LogP contribution in [0, 0.1) is 0 Å². The summed E-state index contributed by atoms with van der Waals surface area (Å²) in [6.45, 7) is 9.31. The number of aromatic nitrogens is 5. The smallest absolute Gasteiger partial charge is 0.278 e. The van der Waals surface area contributed by atoms with Gasteiger partial charge in [-0.05, 0) is 51.9 Å². The summed E-state index contributed by atoms with van der Waals surface area (Å²) in [5, 5.41) is 17.5. The minimum Gasteiger partial charge on any atom is -0.384 e. The van der Waals surface area contributed by atoms with E-state index < -0.39 is 5.60 Å². The van der Waals surface area contributed by atoms with Gasteiger partial charge in [0, 0.05) is 12.2 Å². The van der Waals surface area contributed by atoms with Crippen LogP contribution in [0.2, 0.25) is 0 Å². The molecular formula is C21H27N7O2. The topological polar surface area (TPSA) is 110 Å². The number of anilines is 1. The molecule has 3 N–H and O–H groups in total. The largest absolute Gasteiger partial charge is 0.384 e. The number of piperidine rings is 1. The molecule has 0 aliphatic carbocycles. The molecule has 1 aliphatic rings. The Hall–Kier alpha value is -3.04. The molecule has 9 nitrogen and oxygen atoms in total. The summed E-state index contributed by atoms with van der Waals surface area (Å²) in [5.74, 6) is 0.979. The molecule has 3 aromatic heterocycles. The highest BCUT2D eigenvalue weighted by Gasteiger charge is 2.22. The molecule has 1 aliphatic heterocycles. The standard InChI is InChI=1S/C21H27N7O2/c1-4-12-27-19(29)15-13-23-20(24-14-8-10-22-11-9-14)26-18(15)28(27)17-7-5-6-16(25-17)21(2,3)30/h4-7,13-14,22,30H,1,8-12H2,2-3H3,(H,23,24,26). The van der Waals surface area contributed by atoms with Crippen LogP contribution in [0.25, 0.3) is 16.9 Å². The lowest BCUT2D eigenvalue weighted by molar-refractivity contribution is 0.0738. The van der Waals surface area contributed by atoms with Crippen LogP contribution >= 0.6 is 0 Å². The molecule has 0 unspecified atom stereocenters. The van der Waals surface area contributed by atoms with E-state index in [2.05, 4.69) is 32.2 Å². The molecule has 3 aromatic rings. The Kier molecular flexibility index (Phi) is 5.40. The molecule has 9 heteroatoms. The van der Waals surface area contributed by atoms with E-state index in [4.69, 9.17) is 0 Å². The van der Waals surface area contributed by atoms with Crippen molar-refractivity contribution >= 4 is 17.0 Å². The highest BCUT2D eigenvalue weighted by molar-refractivity contribution is 5.76. The van der Waals surface area contributed by atoms with E-state index in [1.54, 1.807) is 49.0 Å². The normalized spacial score (nSPS) is 15.4. The number of nitrogens with zero attached hydrogens (tertiary/aromatic N) is 5. The molecule has 0 aromatic carbocycles. The van der Waals surface area contributed by atoms with Crippen molar-refractivity contribution in [3.8, 4) is 5.82 Å². The third-order valence-corrected chi connectivity index (χ3v) is 5.23. The second-order valence-electron chi connectivity index (χ2n) is 8.03. The summed E-state index contributed by atoms with van der Waals surface area (Å²) in [6.07, 6.45) is 5.18. The maximum Gasteiger partial charge on any atom is 0.278 e. The summed E-state index contributed by atoms with van der Waals surface area (Å²) in [7, 11) is 0. The average molecular weight is 409 g/mol. The van der Waals surface area contributed by atoms with Crippen LogP contribution in [0.15, 0.2) is 41.8 Å². The first-order valence-corrected chi connectivity index (χ1v) is 10.2. The van der Waals surface area contributed by atoms with E-state index in [1.807, 2.05) is 0 Å². The molecule has 158 valence electrons. The van der Waals surface area contributed by atoms with Crippen LogP contribution in [-0.4, -0.2) is 48.6 Å². The number of pyridine rings is 1. The van der Waals surface area contributed by atoms with Crippen molar-refractivity contribution in [3.05, 3.63) is 53.1 Å². The number of aliphatic hydroxyl groups is 1. The molecule has 0 amide bonds. The van der Waals surface area contributed by atoms with Crippen molar-refractivity contribution in [2.45, 2.75) is 44.9 Å². The predicted molar refractivity (Wildman–Crippen MR) is 116 cm³/mol. The molecule has 0 atom stereocenters. The number of fused-ring (bicyclic) bond motifs is 1. The van der Waals surface area contributed by atoms with Gasteiger partial charge in [-0.2, -0.15) is 4.98 Å². The second kappa shape index (κ2) is 8.00. The fourth-order valence-corrected chi connectivity index (χ4v) is 3.65. The Balaban J connectivity index is 1.85. The van der Waals surface area contributed by atoms with Crippen molar-refractivity contribution in [3.63, 3.8) is 0 Å². The predicted octanol–water partition coefficient (Wildman–Crippen LogP) is 1.55. The minimum absolute atomic E-state index is 0.214. The zero-order chi connectivity index (χ0) is 21.3. The molecule has 1 saturated heterocycles. The Morgan fingerprint density at radius 1 is 1.33 bits per heavy atom. The fourth-order valence-electron chi connectivity index (χ4n) is 3.65. The zero-order valence-corrected chi connectivity index (χ0v) is 17.3. The molecule has 0 bridgehead atoms. The van der Waals surface area contributed by atoms with Crippen LogP contribution in [0.3, 0.4) is 0 Å². The van der Waals surface area contributed by atoms with E-state index in [0.717, 1.165) is 25.9 Å². The van der Waals surface area contributed by atoms with Gasteiger partial charge in [0.15, 0.2) is 11.5 Å². The van der Waals surface area contributed by atoms with Crippen LogP contribution in [0.5, 0.6) is 0 Å². The molecule has 0 saturated carbocycles. The van der Waals surface area contributed by atoms with Crippen molar-refractivity contribution in [2.75, 3.05) is 18.4 Å². The van der Waals surface area contributed by atoms with Gasteiger partial charge in [-0.3, -0.25) is 4.79 Å². The maximum atomic E-state index is 13.0. The van der Waals surface area contributed by atoms with E-state index in [1.165, 1.54) is 4.68 Å².